The van der Waals surface area contributed by atoms with Gasteiger partial charge in [-0.25, -0.2) is 4.39 Å². The van der Waals surface area contributed by atoms with Crippen molar-refractivity contribution in [3.63, 3.8) is 0 Å². The van der Waals surface area contributed by atoms with Gasteiger partial charge in [0, 0.05) is 30.4 Å². The number of pyridine rings is 1. The molecule has 1 heterocycles. The van der Waals surface area contributed by atoms with Crippen molar-refractivity contribution in [2.24, 2.45) is 0 Å². The topological polar surface area (TPSA) is 81.3 Å². The Bertz CT molecular complexity index is 1220. The van der Waals surface area contributed by atoms with Crippen LogP contribution in [-0.2, 0) is 17.9 Å². The van der Waals surface area contributed by atoms with Crippen LogP contribution in [-0.4, -0.2) is 24.1 Å². The highest BCUT2D eigenvalue weighted by Gasteiger charge is 2.19. The Morgan fingerprint density at radius 3 is 2.74 bits per heavy atom. The highest BCUT2D eigenvalue weighted by molar-refractivity contribution is 6.30. The number of halogens is 2. The molecule has 3 aromatic rings. The van der Waals surface area contributed by atoms with Crippen LogP contribution in [0.15, 0.2) is 59.5 Å². The molecule has 2 aromatic carbocycles. The molecule has 0 bridgehead atoms. The van der Waals surface area contributed by atoms with Gasteiger partial charge in [-0.1, -0.05) is 23.7 Å². The molecular formula is C23H18ClFN2O4. The summed E-state index contributed by atoms with van der Waals surface area (Å²) in [7, 11) is 1.47. The van der Waals surface area contributed by atoms with Crippen LogP contribution >= 0.6 is 11.6 Å². The fourth-order valence-corrected chi connectivity index (χ4v) is 3.16. The summed E-state index contributed by atoms with van der Waals surface area (Å²) >= 11 is 5.98. The third kappa shape index (κ3) is 5.37. The standard InChI is InChI=1S/C23H18ClFN2O4/c1-30-8-7-27-13-17(10-16(12-26)23(27)29)22(28)20-11-19(25)5-6-21(20)31-14-15-3-2-4-18(24)9-15/h2-6,9-11,13H,7-8,14H2,1H3. The minimum absolute atomic E-state index is 0.0251. The maximum atomic E-state index is 13.9. The van der Waals surface area contributed by atoms with Crippen LogP contribution in [0.2, 0.25) is 5.02 Å². The second-order valence-corrected chi connectivity index (χ2v) is 7.07. The van der Waals surface area contributed by atoms with E-state index in [4.69, 9.17) is 21.1 Å². The van der Waals surface area contributed by atoms with E-state index in [0.29, 0.717) is 5.02 Å². The molecule has 0 saturated carbocycles. The number of aromatic nitrogens is 1. The van der Waals surface area contributed by atoms with Crippen LogP contribution < -0.4 is 10.3 Å². The fraction of sp³-hybridized carbons (Fsp3) is 0.174. The molecule has 0 aliphatic carbocycles. The van der Waals surface area contributed by atoms with Gasteiger partial charge in [-0.3, -0.25) is 9.59 Å². The first kappa shape index (κ1) is 22.2. The summed E-state index contributed by atoms with van der Waals surface area (Å²) in [5.41, 5.74) is 0.0796. The van der Waals surface area contributed by atoms with Gasteiger partial charge in [-0.2, -0.15) is 5.26 Å². The molecular weight excluding hydrogens is 423 g/mol. The Morgan fingerprint density at radius 2 is 2.03 bits per heavy atom. The van der Waals surface area contributed by atoms with Crippen LogP contribution in [0.3, 0.4) is 0 Å². The minimum Gasteiger partial charge on any atom is -0.488 e. The fourth-order valence-electron chi connectivity index (χ4n) is 2.94. The van der Waals surface area contributed by atoms with Crippen molar-refractivity contribution in [1.82, 2.24) is 4.57 Å². The van der Waals surface area contributed by atoms with Gasteiger partial charge >= 0.3 is 0 Å². The zero-order valence-electron chi connectivity index (χ0n) is 16.6. The van der Waals surface area contributed by atoms with Gasteiger partial charge in [0.05, 0.1) is 12.2 Å². The number of ketones is 1. The third-order valence-electron chi connectivity index (χ3n) is 4.47. The molecule has 0 atom stereocenters. The number of ether oxygens (including phenoxy) is 2. The Balaban J connectivity index is 1.97. The molecule has 158 valence electrons. The second kappa shape index (κ2) is 10.0. The highest BCUT2D eigenvalue weighted by Crippen LogP contribution is 2.24. The number of hydrogen-bond donors (Lipinski definition) is 0. The van der Waals surface area contributed by atoms with E-state index < -0.39 is 17.2 Å². The van der Waals surface area contributed by atoms with Gasteiger partial charge in [0.2, 0.25) is 0 Å². The maximum Gasteiger partial charge on any atom is 0.268 e. The quantitative estimate of drug-likeness (QED) is 0.495. The largest absolute Gasteiger partial charge is 0.488 e. The van der Waals surface area contributed by atoms with Crippen LogP contribution in [0.4, 0.5) is 4.39 Å². The number of methoxy groups -OCH3 is 1. The van der Waals surface area contributed by atoms with Crippen molar-refractivity contribution in [1.29, 1.82) is 5.26 Å². The van der Waals surface area contributed by atoms with E-state index in [2.05, 4.69) is 0 Å². The molecule has 0 aliphatic heterocycles. The Hall–Kier alpha value is -3.47. The smallest absolute Gasteiger partial charge is 0.268 e. The van der Waals surface area contributed by atoms with E-state index >= 15 is 0 Å². The molecule has 0 saturated heterocycles. The maximum absolute atomic E-state index is 13.9. The number of hydrogen-bond acceptors (Lipinski definition) is 5. The van der Waals surface area contributed by atoms with E-state index in [1.54, 1.807) is 24.3 Å². The lowest BCUT2D eigenvalue weighted by molar-refractivity contribution is 0.103. The summed E-state index contributed by atoms with van der Waals surface area (Å²) < 4.78 is 25.9. The van der Waals surface area contributed by atoms with Gasteiger partial charge < -0.3 is 14.0 Å². The number of nitriles is 1. The molecule has 0 spiro atoms. The number of nitrogens with zero attached hydrogens (tertiary/aromatic N) is 2. The summed E-state index contributed by atoms with van der Waals surface area (Å²) in [6.45, 7) is 0.492. The molecule has 0 fully saturated rings. The summed E-state index contributed by atoms with van der Waals surface area (Å²) in [6.07, 6.45) is 1.33. The van der Waals surface area contributed by atoms with E-state index in [1.807, 2.05) is 6.07 Å². The molecule has 0 radical (unpaired) electrons. The Labute approximate surface area is 183 Å². The van der Waals surface area contributed by atoms with Gasteiger partial charge in [0.15, 0.2) is 5.78 Å². The first-order chi connectivity index (χ1) is 14.9. The summed E-state index contributed by atoms with van der Waals surface area (Å²) in [4.78, 5) is 25.5. The van der Waals surface area contributed by atoms with Crippen LogP contribution in [0.5, 0.6) is 5.75 Å². The molecule has 0 N–H and O–H groups in total. The highest BCUT2D eigenvalue weighted by atomic mass is 35.5. The van der Waals surface area contributed by atoms with Crippen molar-refractivity contribution in [3.05, 3.63) is 98.2 Å². The summed E-state index contributed by atoms with van der Waals surface area (Å²) in [5, 5.41) is 9.82. The SMILES string of the molecule is COCCn1cc(C(=O)c2cc(F)ccc2OCc2cccc(Cl)c2)cc(C#N)c1=O. The molecule has 3 rings (SSSR count). The first-order valence-electron chi connectivity index (χ1n) is 9.28. The van der Waals surface area contributed by atoms with Crippen LogP contribution in [0, 0.1) is 17.1 Å². The number of carbonyl (C=O) groups is 1. The lowest BCUT2D eigenvalue weighted by Crippen LogP contribution is -2.25. The second-order valence-electron chi connectivity index (χ2n) is 6.63. The van der Waals surface area contributed by atoms with Gasteiger partial charge in [-0.05, 0) is 42.0 Å². The van der Waals surface area contributed by atoms with E-state index in [1.165, 1.54) is 36.1 Å². The Morgan fingerprint density at radius 1 is 1.23 bits per heavy atom. The molecule has 0 amide bonds. The van der Waals surface area contributed by atoms with Crippen LogP contribution in [0.1, 0.15) is 27.0 Å². The number of benzene rings is 2. The van der Waals surface area contributed by atoms with E-state index in [0.717, 1.165) is 11.6 Å². The minimum atomic E-state index is -0.619. The van der Waals surface area contributed by atoms with Crippen molar-refractivity contribution in [3.8, 4) is 11.8 Å². The summed E-state index contributed by atoms with van der Waals surface area (Å²) in [6, 6.07) is 13.6. The molecule has 8 heteroatoms. The lowest BCUT2D eigenvalue weighted by Gasteiger charge is -2.13. The zero-order chi connectivity index (χ0) is 22.4. The normalized spacial score (nSPS) is 10.5. The molecule has 0 unspecified atom stereocenters. The molecule has 6 nitrogen and oxygen atoms in total. The van der Waals surface area contributed by atoms with Crippen molar-refractivity contribution in [2.45, 2.75) is 13.2 Å². The average Bonchev–Trinajstić information content (AvgIpc) is 2.77. The monoisotopic (exact) mass is 440 g/mol. The van der Waals surface area contributed by atoms with Gasteiger partial charge in [-0.15, -0.1) is 0 Å². The third-order valence-corrected chi connectivity index (χ3v) is 4.71. The molecule has 1 aromatic heterocycles. The summed E-state index contributed by atoms with van der Waals surface area (Å²) in [5.74, 6) is -1.03. The van der Waals surface area contributed by atoms with Crippen molar-refractivity contribution >= 4 is 17.4 Å². The first-order valence-corrected chi connectivity index (χ1v) is 9.65. The van der Waals surface area contributed by atoms with E-state index in [9.17, 15) is 19.2 Å². The molecule has 0 aliphatic rings. The van der Waals surface area contributed by atoms with Crippen molar-refractivity contribution in [2.75, 3.05) is 13.7 Å². The van der Waals surface area contributed by atoms with Gasteiger partial charge in [0.25, 0.3) is 5.56 Å². The lowest BCUT2D eigenvalue weighted by atomic mass is 10.0. The predicted molar refractivity (Wildman–Crippen MR) is 113 cm³/mol. The number of rotatable bonds is 8. The van der Waals surface area contributed by atoms with Gasteiger partial charge in [0.1, 0.15) is 29.8 Å². The van der Waals surface area contributed by atoms with E-state index in [-0.39, 0.29) is 42.2 Å². The zero-order valence-corrected chi connectivity index (χ0v) is 17.4. The van der Waals surface area contributed by atoms with Crippen LogP contribution in [0.25, 0.3) is 0 Å². The molecule has 31 heavy (non-hydrogen) atoms. The van der Waals surface area contributed by atoms with Crippen molar-refractivity contribution < 1.29 is 18.7 Å². The number of carbonyl (C=O) groups excluding carboxylic acids is 1. The predicted octanol–water partition coefficient (Wildman–Crippen LogP) is 3.97. The average molecular weight is 441 g/mol. The Kier molecular flexibility index (Phi) is 7.19.